The van der Waals surface area contributed by atoms with E-state index in [0.717, 1.165) is 30.9 Å². The number of piperidine rings is 1. The molecule has 2 rings (SSSR count). The van der Waals surface area contributed by atoms with E-state index in [1.807, 2.05) is 24.3 Å². The van der Waals surface area contributed by atoms with Crippen LogP contribution in [0.4, 0.5) is 0 Å². The Morgan fingerprint density at radius 1 is 1.17 bits per heavy atom. The van der Waals surface area contributed by atoms with E-state index < -0.39 is 0 Å². The van der Waals surface area contributed by atoms with Crippen molar-refractivity contribution in [3.8, 4) is 5.75 Å². The average Bonchev–Trinajstić information content (AvgIpc) is 2.56. The number of methoxy groups -OCH3 is 1. The second-order valence-corrected chi connectivity index (χ2v) is 6.74. The van der Waals surface area contributed by atoms with Gasteiger partial charge in [0.2, 0.25) is 5.91 Å². The Balaban J connectivity index is 1.83. The largest absolute Gasteiger partial charge is 0.497 e. The molecule has 0 aromatic heterocycles. The summed E-state index contributed by atoms with van der Waals surface area (Å²) in [5.74, 6) is 1.46. The number of nitrogens with one attached hydrogen (secondary N) is 1. The molecule has 4 heteroatoms. The van der Waals surface area contributed by atoms with E-state index in [2.05, 4.69) is 24.1 Å². The molecule has 1 fully saturated rings. The summed E-state index contributed by atoms with van der Waals surface area (Å²) in [7, 11) is 1.65. The molecule has 0 aliphatic carbocycles. The number of likely N-dealkylation sites (tertiary alicyclic amines) is 1. The topological polar surface area (TPSA) is 41.6 Å². The number of benzene rings is 1. The predicted molar refractivity (Wildman–Crippen MR) is 93.8 cm³/mol. The standard InChI is InChI=1S/C19H30N2O2/c1-15(2)18(21-11-5-4-6-12-21)14-20-19(22)13-16-7-9-17(23-3)10-8-16/h7-10,15,18H,4-6,11-14H2,1-3H3,(H,20,22). The zero-order chi connectivity index (χ0) is 16.7. The maximum atomic E-state index is 12.2. The molecule has 128 valence electrons. The first-order valence-corrected chi connectivity index (χ1v) is 8.74. The first-order valence-electron chi connectivity index (χ1n) is 8.74. The van der Waals surface area contributed by atoms with Gasteiger partial charge in [-0.1, -0.05) is 32.4 Å². The summed E-state index contributed by atoms with van der Waals surface area (Å²) >= 11 is 0. The molecule has 1 saturated heterocycles. The Bertz CT molecular complexity index is 479. The Morgan fingerprint density at radius 3 is 2.39 bits per heavy atom. The van der Waals surface area contributed by atoms with Gasteiger partial charge >= 0.3 is 0 Å². The zero-order valence-corrected chi connectivity index (χ0v) is 14.7. The fourth-order valence-electron chi connectivity index (χ4n) is 3.25. The van der Waals surface area contributed by atoms with Gasteiger partial charge in [-0.25, -0.2) is 0 Å². The highest BCUT2D eigenvalue weighted by molar-refractivity contribution is 5.78. The van der Waals surface area contributed by atoms with E-state index in [0.29, 0.717) is 18.4 Å². The van der Waals surface area contributed by atoms with Crippen LogP contribution in [0, 0.1) is 5.92 Å². The van der Waals surface area contributed by atoms with Crippen LogP contribution in [0.2, 0.25) is 0 Å². The molecular weight excluding hydrogens is 288 g/mol. The van der Waals surface area contributed by atoms with Gasteiger partial charge in [-0.05, 0) is 49.5 Å². The molecule has 23 heavy (non-hydrogen) atoms. The molecule has 1 aromatic carbocycles. The molecule has 1 N–H and O–H groups in total. The van der Waals surface area contributed by atoms with Crippen molar-refractivity contribution in [3.05, 3.63) is 29.8 Å². The van der Waals surface area contributed by atoms with Crippen LogP contribution in [0.5, 0.6) is 5.75 Å². The lowest BCUT2D eigenvalue weighted by molar-refractivity contribution is -0.120. The first-order chi connectivity index (χ1) is 11.1. The van der Waals surface area contributed by atoms with E-state index >= 15 is 0 Å². The van der Waals surface area contributed by atoms with Crippen molar-refractivity contribution in [3.63, 3.8) is 0 Å². The fraction of sp³-hybridized carbons (Fsp3) is 0.632. The third-order valence-corrected chi connectivity index (χ3v) is 4.66. The summed E-state index contributed by atoms with van der Waals surface area (Å²) in [5, 5.41) is 3.13. The minimum absolute atomic E-state index is 0.0952. The van der Waals surface area contributed by atoms with Crippen molar-refractivity contribution in [2.24, 2.45) is 5.92 Å². The van der Waals surface area contributed by atoms with Crippen molar-refractivity contribution >= 4 is 5.91 Å². The third kappa shape index (κ3) is 5.54. The van der Waals surface area contributed by atoms with Crippen molar-refractivity contribution < 1.29 is 9.53 Å². The molecule has 1 heterocycles. The molecular formula is C19H30N2O2. The monoisotopic (exact) mass is 318 g/mol. The van der Waals surface area contributed by atoms with Crippen LogP contribution in [-0.2, 0) is 11.2 Å². The van der Waals surface area contributed by atoms with Crippen LogP contribution in [0.3, 0.4) is 0 Å². The second kappa shape index (κ2) is 8.92. The molecule has 4 nitrogen and oxygen atoms in total. The lowest BCUT2D eigenvalue weighted by atomic mass is 9.99. The first kappa shape index (κ1) is 17.8. The van der Waals surface area contributed by atoms with E-state index in [9.17, 15) is 4.79 Å². The third-order valence-electron chi connectivity index (χ3n) is 4.66. The Kier molecular flexibility index (Phi) is 6.90. The second-order valence-electron chi connectivity index (χ2n) is 6.74. The number of hydrogen-bond donors (Lipinski definition) is 1. The molecule has 1 atom stereocenters. The summed E-state index contributed by atoms with van der Waals surface area (Å²) in [6, 6.07) is 8.13. The maximum absolute atomic E-state index is 12.2. The van der Waals surface area contributed by atoms with Crippen LogP contribution in [-0.4, -0.2) is 43.6 Å². The van der Waals surface area contributed by atoms with Gasteiger partial charge in [0.1, 0.15) is 5.75 Å². The number of nitrogens with zero attached hydrogens (tertiary/aromatic N) is 1. The van der Waals surface area contributed by atoms with Gasteiger partial charge in [-0.2, -0.15) is 0 Å². The van der Waals surface area contributed by atoms with Crippen molar-refractivity contribution in [2.75, 3.05) is 26.7 Å². The minimum atomic E-state index is 0.0952. The molecule has 0 saturated carbocycles. The molecule has 1 aromatic rings. The molecule has 0 radical (unpaired) electrons. The SMILES string of the molecule is COc1ccc(CC(=O)NCC(C(C)C)N2CCCCC2)cc1. The average molecular weight is 318 g/mol. The highest BCUT2D eigenvalue weighted by Crippen LogP contribution is 2.17. The van der Waals surface area contributed by atoms with Crippen LogP contribution in [0.25, 0.3) is 0 Å². The van der Waals surface area contributed by atoms with Gasteiger partial charge in [0.15, 0.2) is 0 Å². The van der Waals surface area contributed by atoms with Crippen LogP contribution < -0.4 is 10.1 Å². The van der Waals surface area contributed by atoms with Crippen LogP contribution >= 0.6 is 0 Å². The fourth-order valence-corrected chi connectivity index (χ4v) is 3.25. The summed E-state index contributed by atoms with van der Waals surface area (Å²) in [4.78, 5) is 14.8. The highest BCUT2D eigenvalue weighted by atomic mass is 16.5. The Labute approximate surface area is 140 Å². The zero-order valence-electron chi connectivity index (χ0n) is 14.7. The minimum Gasteiger partial charge on any atom is -0.497 e. The highest BCUT2D eigenvalue weighted by Gasteiger charge is 2.23. The van der Waals surface area contributed by atoms with Gasteiger partial charge < -0.3 is 10.1 Å². The quantitative estimate of drug-likeness (QED) is 0.840. The summed E-state index contributed by atoms with van der Waals surface area (Å²) in [6.45, 7) is 7.56. The van der Waals surface area contributed by atoms with Crippen LogP contribution in [0.15, 0.2) is 24.3 Å². The van der Waals surface area contributed by atoms with Crippen molar-refractivity contribution in [2.45, 2.75) is 45.6 Å². The molecule has 0 bridgehead atoms. The van der Waals surface area contributed by atoms with E-state index in [1.54, 1.807) is 7.11 Å². The number of rotatable bonds is 7. The predicted octanol–water partition coefficient (Wildman–Crippen LogP) is 2.86. The van der Waals surface area contributed by atoms with Gasteiger partial charge in [-0.3, -0.25) is 9.69 Å². The normalized spacial score (nSPS) is 17.0. The Hall–Kier alpha value is -1.55. The number of carbonyl (C=O) groups excluding carboxylic acids is 1. The smallest absolute Gasteiger partial charge is 0.224 e. The van der Waals surface area contributed by atoms with Gasteiger partial charge in [-0.15, -0.1) is 0 Å². The van der Waals surface area contributed by atoms with Crippen molar-refractivity contribution in [1.29, 1.82) is 0 Å². The molecule has 1 aliphatic heterocycles. The number of amides is 1. The lowest BCUT2D eigenvalue weighted by Crippen LogP contribution is -2.49. The maximum Gasteiger partial charge on any atom is 0.224 e. The van der Waals surface area contributed by atoms with Gasteiger partial charge in [0.05, 0.1) is 13.5 Å². The summed E-state index contributed by atoms with van der Waals surface area (Å²) in [5.41, 5.74) is 1.02. The number of ether oxygens (including phenoxy) is 1. The molecule has 0 spiro atoms. The van der Waals surface area contributed by atoms with E-state index in [1.165, 1.54) is 19.3 Å². The molecule has 1 unspecified atom stereocenters. The Morgan fingerprint density at radius 2 is 1.83 bits per heavy atom. The molecule has 1 aliphatic rings. The van der Waals surface area contributed by atoms with E-state index in [4.69, 9.17) is 4.74 Å². The van der Waals surface area contributed by atoms with Crippen LogP contribution in [0.1, 0.15) is 38.7 Å². The summed E-state index contributed by atoms with van der Waals surface area (Å²) in [6.07, 6.45) is 4.33. The molecule has 1 amide bonds. The number of hydrogen-bond acceptors (Lipinski definition) is 3. The van der Waals surface area contributed by atoms with Gasteiger partial charge in [0.25, 0.3) is 0 Å². The van der Waals surface area contributed by atoms with E-state index in [-0.39, 0.29) is 5.91 Å². The lowest BCUT2D eigenvalue weighted by Gasteiger charge is -2.37. The summed E-state index contributed by atoms with van der Waals surface area (Å²) < 4.78 is 5.14. The van der Waals surface area contributed by atoms with Crippen molar-refractivity contribution in [1.82, 2.24) is 10.2 Å². The van der Waals surface area contributed by atoms with Gasteiger partial charge in [0, 0.05) is 12.6 Å². The number of carbonyl (C=O) groups is 1.